The van der Waals surface area contributed by atoms with Gasteiger partial charge in [0.15, 0.2) is 0 Å². The molecule has 0 aromatic rings. The van der Waals surface area contributed by atoms with Crippen molar-refractivity contribution in [2.75, 3.05) is 19.8 Å². The fraction of sp³-hybridized carbons (Fsp3) is 0.944. The first kappa shape index (κ1) is 16.1. The van der Waals surface area contributed by atoms with Crippen LogP contribution in [0.25, 0.3) is 0 Å². The minimum Gasteiger partial charge on any atom is -0.381 e. The predicted octanol–water partition coefficient (Wildman–Crippen LogP) is 3.32. The van der Waals surface area contributed by atoms with E-state index >= 15 is 0 Å². The summed E-state index contributed by atoms with van der Waals surface area (Å²) in [6.07, 6.45) is 10.1. The van der Waals surface area contributed by atoms with Gasteiger partial charge in [-0.3, -0.25) is 0 Å². The molecule has 4 fully saturated rings. The highest BCUT2D eigenvalue weighted by Gasteiger charge is 2.48. The highest BCUT2D eigenvalue weighted by atomic mass is 16.5. The van der Waals surface area contributed by atoms with Gasteiger partial charge in [-0.05, 0) is 68.6 Å². The number of unbranched alkanes of at least 4 members (excludes halogenated alkanes) is 1. The van der Waals surface area contributed by atoms with E-state index in [1.165, 1.54) is 38.5 Å². The van der Waals surface area contributed by atoms with Crippen LogP contribution in [0.1, 0.15) is 58.3 Å². The number of amides is 2. The SMILES string of the molecule is CCCCOCCCNC(=O)NC1C2CC3CC(C2)CC1C3. The van der Waals surface area contributed by atoms with Gasteiger partial charge in [0, 0.05) is 25.8 Å². The molecule has 0 saturated heterocycles. The number of carbonyl (C=O) groups excluding carboxylic acids is 1. The summed E-state index contributed by atoms with van der Waals surface area (Å²) in [4.78, 5) is 12.1. The van der Waals surface area contributed by atoms with Crippen molar-refractivity contribution in [3.05, 3.63) is 0 Å². The third kappa shape index (κ3) is 3.95. The van der Waals surface area contributed by atoms with Crippen molar-refractivity contribution in [3.63, 3.8) is 0 Å². The van der Waals surface area contributed by atoms with E-state index in [4.69, 9.17) is 4.74 Å². The Morgan fingerprint density at radius 1 is 1.00 bits per heavy atom. The molecular formula is C18H32N2O2. The second-order valence-electron chi connectivity index (χ2n) is 7.68. The highest BCUT2D eigenvalue weighted by molar-refractivity contribution is 5.74. The van der Waals surface area contributed by atoms with E-state index < -0.39 is 0 Å². The maximum atomic E-state index is 12.1. The molecule has 0 aromatic heterocycles. The molecule has 0 aromatic carbocycles. The number of ether oxygens (including phenoxy) is 1. The first-order valence-electron chi connectivity index (χ1n) is 9.38. The number of rotatable bonds is 8. The molecule has 4 rings (SSSR count). The normalized spacial score (nSPS) is 35.6. The van der Waals surface area contributed by atoms with Crippen LogP contribution in [0.2, 0.25) is 0 Å². The zero-order chi connectivity index (χ0) is 15.4. The lowest BCUT2D eigenvalue weighted by molar-refractivity contribution is -0.00942. The van der Waals surface area contributed by atoms with Crippen LogP contribution in [0.5, 0.6) is 0 Å². The van der Waals surface area contributed by atoms with Crippen LogP contribution in [0, 0.1) is 23.7 Å². The molecule has 4 bridgehead atoms. The molecule has 0 spiro atoms. The lowest BCUT2D eigenvalue weighted by atomic mass is 9.54. The van der Waals surface area contributed by atoms with Crippen molar-refractivity contribution in [2.45, 2.75) is 64.3 Å². The van der Waals surface area contributed by atoms with Gasteiger partial charge in [-0.15, -0.1) is 0 Å². The summed E-state index contributed by atoms with van der Waals surface area (Å²) in [6.45, 7) is 4.47. The van der Waals surface area contributed by atoms with Gasteiger partial charge in [-0.2, -0.15) is 0 Å². The monoisotopic (exact) mass is 308 g/mol. The zero-order valence-electron chi connectivity index (χ0n) is 14.0. The average Bonchev–Trinajstić information content (AvgIpc) is 2.49. The maximum Gasteiger partial charge on any atom is 0.315 e. The lowest BCUT2D eigenvalue weighted by Gasteiger charge is -2.54. The van der Waals surface area contributed by atoms with E-state index in [1.54, 1.807) is 0 Å². The summed E-state index contributed by atoms with van der Waals surface area (Å²) < 4.78 is 5.51. The molecule has 126 valence electrons. The molecule has 0 unspecified atom stereocenters. The summed E-state index contributed by atoms with van der Waals surface area (Å²) >= 11 is 0. The molecule has 4 nitrogen and oxygen atoms in total. The van der Waals surface area contributed by atoms with Crippen LogP contribution in [0.3, 0.4) is 0 Å². The Balaban J connectivity index is 1.31. The number of urea groups is 1. The number of hydrogen-bond donors (Lipinski definition) is 2. The van der Waals surface area contributed by atoms with Crippen molar-refractivity contribution in [1.29, 1.82) is 0 Å². The molecule has 22 heavy (non-hydrogen) atoms. The summed E-state index contributed by atoms with van der Waals surface area (Å²) in [5, 5.41) is 6.28. The fourth-order valence-electron chi connectivity index (χ4n) is 5.09. The minimum atomic E-state index is 0.0334. The number of carbonyl (C=O) groups is 1. The van der Waals surface area contributed by atoms with Gasteiger partial charge >= 0.3 is 6.03 Å². The van der Waals surface area contributed by atoms with Crippen molar-refractivity contribution in [2.24, 2.45) is 23.7 Å². The minimum absolute atomic E-state index is 0.0334. The Morgan fingerprint density at radius 3 is 2.27 bits per heavy atom. The van der Waals surface area contributed by atoms with Crippen LogP contribution in [-0.4, -0.2) is 31.8 Å². The van der Waals surface area contributed by atoms with Gasteiger partial charge < -0.3 is 15.4 Å². The molecule has 4 saturated carbocycles. The topological polar surface area (TPSA) is 50.4 Å². The number of nitrogens with one attached hydrogen (secondary N) is 2. The van der Waals surface area contributed by atoms with Crippen LogP contribution >= 0.6 is 0 Å². The fourth-order valence-corrected chi connectivity index (χ4v) is 5.09. The Morgan fingerprint density at radius 2 is 1.64 bits per heavy atom. The first-order valence-corrected chi connectivity index (χ1v) is 9.38. The second kappa shape index (κ2) is 7.67. The van der Waals surface area contributed by atoms with Crippen LogP contribution < -0.4 is 10.6 Å². The average molecular weight is 308 g/mol. The van der Waals surface area contributed by atoms with E-state index in [2.05, 4.69) is 17.6 Å². The Kier molecular flexibility index (Phi) is 5.61. The quantitative estimate of drug-likeness (QED) is 0.676. The van der Waals surface area contributed by atoms with Crippen LogP contribution in [-0.2, 0) is 4.74 Å². The van der Waals surface area contributed by atoms with Gasteiger partial charge in [0.25, 0.3) is 0 Å². The maximum absolute atomic E-state index is 12.1. The van der Waals surface area contributed by atoms with Gasteiger partial charge in [0.05, 0.1) is 0 Å². The summed E-state index contributed by atoms with van der Waals surface area (Å²) in [7, 11) is 0. The van der Waals surface area contributed by atoms with Crippen LogP contribution in [0.15, 0.2) is 0 Å². The third-order valence-corrected chi connectivity index (χ3v) is 5.92. The summed E-state index contributed by atoms with van der Waals surface area (Å²) in [5.74, 6) is 3.42. The first-order chi connectivity index (χ1) is 10.8. The van der Waals surface area contributed by atoms with Crippen molar-refractivity contribution < 1.29 is 9.53 Å². The van der Waals surface area contributed by atoms with Gasteiger partial charge in [-0.25, -0.2) is 4.79 Å². The molecule has 0 radical (unpaired) electrons. The molecule has 2 amide bonds. The Labute approximate surface area is 134 Å². The largest absolute Gasteiger partial charge is 0.381 e. The molecule has 4 aliphatic rings. The number of hydrogen-bond acceptors (Lipinski definition) is 2. The van der Waals surface area contributed by atoms with Gasteiger partial charge in [0.1, 0.15) is 0 Å². The van der Waals surface area contributed by atoms with Crippen LogP contribution in [0.4, 0.5) is 4.79 Å². The second-order valence-corrected chi connectivity index (χ2v) is 7.68. The predicted molar refractivity (Wildman–Crippen MR) is 87.7 cm³/mol. The molecular weight excluding hydrogens is 276 g/mol. The van der Waals surface area contributed by atoms with E-state index in [0.717, 1.165) is 49.7 Å². The molecule has 2 N–H and O–H groups in total. The smallest absolute Gasteiger partial charge is 0.315 e. The Hall–Kier alpha value is -0.770. The summed E-state index contributed by atoms with van der Waals surface area (Å²) in [5.41, 5.74) is 0. The summed E-state index contributed by atoms with van der Waals surface area (Å²) in [6, 6.07) is 0.472. The third-order valence-electron chi connectivity index (χ3n) is 5.92. The molecule has 0 heterocycles. The molecule has 4 aliphatic carbocycles. The molecule has 0 aliphatic heterocycles. The van der Waals surface area contributed by atoms with Crippen molar-refractivity contribution in [1.82, 2.24) is 10.6 Å². The Bertz CT molecular complexity index is 344. The van der Waals surface area contributed by atoms with Crippen molar-refractivity contribution >= 4 is 6.03 Å². The highest BCUT2D eigenvalue weighted by Crippen LogP contribution is 2.53. The van der Waals surface area contributed by atoms with Gasteiger partial charge in [-0.1, -0.05) is 13.3 Å². The van der Waals surface area contributed by atoms with E-state index in [-0.39, 0.29) is 6.03 Å². The van der Waals surface area contributed by atoms with Gasteiger partial charge in [0.2, 0.25) is 0 Å². The molecule has 4 heteroatoms. The van der Waals surface area contributed by atoms with E-state index in [1.807, 2.05) is 0 Å². The lowest BCUT2D eigenvalue weighted by Crippen LogP contribution is -2.57. The standard InChI is InChI=1S/C18H32N2O2/c1-2-3-6-22-7-4-5-19-18(21)20-17-15-9-13-8-14(11-15)12-16(17)10-13/h13-17H,2-12H2,1H3,(H2,19,20,21). The van der Waals surface area contributed by atoms with E-state index in [9.17, 15) is 4.79 Å². The van der Waals surface area contributed by atoms with E-state index in [0.29, 0.717) is 12.6 Å². The van der Waals surface area contributed by atoms with Crippen molar-refractivity contribution in [3.8, 4) is 0 Å². The zero-order valence-corrected chi connectivity index (χ0v) is 14.0. The molecule has 0 atom stereocenters.